The third-order valence-electron chi connectivity index (χ3n) is 2.61. The van der Waals surface area contributed by atoms with Gasteiger partial charge in [0.15, 0.2) is 0 Å². The van der Waals surface area contributed by atoms with Gasteiger partial charge in [-0.05, 0) is 37.1 Å². The number of halogens is 3. The van der Waals surface area contributed by atoms with Gasteiger partial charge in [0.05, 0.1) is 0 Å². The molecule has 0 aromatic carbocycles. The first-order chi connectivity index (χ1) is 7.94. The molecule has 17 heavy (non-hydrogen) atoms. The first kappa shape index (κ1) is 14.0. The molecule has 2 nitrogen and oxygen atoms in total. The molecule has 1 aromatic rings. The monoisotopic (exact) mass is 246 g/mol. The van der Waals surface area contributed by atoms with Crippen molar-refractivity contribution in [2.45, 2.75) is 38.9 Å². The van der Waals surface area contributed by atoms with Crippen molar-refractivity contribution < 1.29 is 13.2 Å². The Morgan fingerprint density at radius 3 is 2.65 bits per heavy atom. The van der Waals surface area contributed by atoms with Crippen LogP contribution in [0.25, 0.3) is 0 Å². The summed E-state index contributed by atoms with van der Waals surface area (Å²) in [5, 5.41) is 3.08. The highest BCUT2D eigenvalue weighted by atomic mass is 19.4. The Morgan fingerprint density at radius 2 is 2.12 bits per heavy atom. The molecule has 0 fully saturated rings. The standard InChI is InChI=1S/C12H17F3N2/c1-3-17-11(4-6-12(13,14)15)10-5-7-16-8-9(10)2/h5,7-8,11,17H,3-4,6H2,1-2H3. The van der Waals surface area contributed by atoms with E-state index in [1.807, 2.05) is 13.8 Å². The number of nitrogens with zero attached hydrogens (tertiary/aromatic N) is 1. The number of aromatic nitrogens is 1. The third kappa shape index (κ3) is 4.73. The summed E-state index contributed by atoms with van der Waals surface area (Å²) in [7, 11) is 0. The van der Waals surface area contributed by atoms with Gasteiger partial charge in [0, 0.05) is 24.9 Å². The van der Waals surface area contributed by atoms with Crippen LogP contribution in [-0.4, -0.2) is 17.7 Å². The van der Waals surface area contributed by atoms with Crippen LogP contribution in [0.1, 0.15) is 36.9 Å². The highest BCUT2D eigenvalue weighted by Gasteiger charge is 2.28. The van der Waals surface area contributed by atoms with E-state index >= 15 is 0 Å². The van der Waals surface area contributed by atoms with Crippen molar-refractivity contribution in [2.24, 2.45) is 0 Å². The quantitative estimate of drug-likeness (QED) is 0.861. The average Bonchev–Trinajstić information content (AvgIpc) is 2.24. The second-order valence-corrected chi connectivity index (χ2v) is 4.00. The SMILES string of the molecule is CCNC(CCC(F)(F)F)c1ccncc1C. The van der Waals surface area contributed by atoms with E-state index in [0.717, 1.165) is 11.1 Å². The molecule has 0 saturated heterocycles. The topological polar surface area (TPSA) is 24.9 Å². The van der Waals surface area contributed by atoms with Gasteiger partial charge in [0.25, 0.3) is 0 Å². The van der Waals surface area contributed by atoms with Crippen molar-refractivity contribution in [1.82, 2.24) is 10.3 Å². The summed E-state index contributed by atoms with van der Waals surface area (Å²) < 4.78 is 36.7. The second-order valence-electron chi connectivity index (χ2n) is 4.00. The Morgan fingerprint density at radius 1 is 1.41 bits per heavy atom. The van der Waals surface area contributed by atoms with Gasteiger partial charge in [-0.1, -0.05) is 6.92 Å². The summed E-state index contributed by atoms with van der Waals surface area (Å²) in [6, 6.07) is 1.52. The highest BCUT2D eigenvalue weighted by molar-refractivity contribution is 5.25. The van der Waals surface area contributed by atoms with E-state index < -0.39 is 12.6 Å². The fraction of sp³-hybridized carbons (Fsp3) is 0.583. The second kappa shape index (κ2) is 6.00. The van der Waals surface area contributed by atoms with Crippen LogP contribution in [0, 0.1) is 6.92 Å². The van der Waals surface area contributed by atoms with Gasteiger partial charge in [-0.2, -0.15) is 13.2 Å². The Bertz CT molecular complexity index is 350. The molecule has 1 unspecified atom stereocenters. The molecule has 0 radical (unpaired) electrons. The number of rotatable bonds is 5. The van der Waals surface area contributed by atoms with Crippen molar-refractivity contribution in [3.8, 4) is 0 Å². The lowest BCUT2D eigenvalue weighted by Crippen LogP contribution is -2.23. The molecule has 1 aromatic heterocycles. The lowest BCUT2D eigenvalue weighted by Gasteiger charge is -2.20. The van der Waals surface area contributed by atoms with Crippen LogP contribution in [0.4, 0.5) is 13.2 Å². The van der Waals surface area contributed by atoms with Gasteiger partial charge in [0.1, 0.15) is 0 Å². The molecular weight excluding hydrogens is 229 g/mol. The fourth-order valence-electron chi connectivity index (χ4n) is 1.80. The number of hydrogen-bond acceptors (Lipinski definition) is 2. The molecule has 0 saturated carbocycles. The molecule has 0 bridgehead atoms. The molecule has 1 N–H and O–H groups in total. The molecule has 0 aliphatic rings. The number of alkyl halides is 3. The maximum absolute atomic E-state index is 12.2. The van der Waals surface area contributed by atoms with Crippen molar-refractivity contribution in [1.29, 1.82) is 0 Å². The van der Waals surface area contributed by atoms with Crippen LogP contribution in [-0.2, 0) is 0 Å². The summed E-state index contributed by atoms with van der Waals surface area (Å²) >= 11 is 0. The molecule has 96 valence electrons. The van der Waals surface area contributed by atoms with Crippen molar-refractivity contribution in [3.63, 3.8) is 0 Å². The van der Waals surface area contributed by atoms with E-state index in [-0.39, 0.29) is 12.5 Å². The smallest absolute Gasteiger partial charge is 0.310 e. The number of pyridine rings is 1. The van der Waals surface area contributed by atoms with Crippen LogP contribution >= 0.6 is 0 Å². The first-order valence-electron chi connectivity index (χ1n) is 5.64. The number of aryl methyl sites for hydroxylation is 1. The Labute approximate surface area is 99.3 Å². The lowest BCUT2D eigenvalue weighted by atomic mass is 9.99. The van der Waals surface area contributed by atoms with Crippen molar-refractivity contribution >= 4 is 0 Å². The zero-order valence-corrected chi connectivity index (χ0v) is 10.0. The summed E-state index contributed by atoms with van der Waals surface area (Å²) in [5.74, 6) is 0. The van der Waals surface area contributed by atoms with E-state index in [4.69, 9.17) is 0 Å². The zero-order valence-electron chi connectivity index (χ0n) is 10.0. The van der Waals surface area contributed by atoms with Crippen molar-refractivity contribution in [3.05, 3.63) is 29.6 Å². The third-order valence-corrected chi connectivity index (χ3v) is 2.61. The minimum absolute atomic E-state index is 0.0577. The molecule has 1 heterocycles. The maximum Gasteiger partial charge on any atom is 0.389 e. The molecule has 0 spiro atoms. The predicted molar refractivity (Wildman–Crippen MR) is 60.7 cm³/mol. The number of hydrogen-bond donors (Lipinski definition) is 1. The van der Waals surface area contributed by atoms with Gasteiger partial charge in [-0.25, -0.2) is 0 Å². The minimum Gasteiger partial charge on any atom is -0.310 e. The Balaban J connectivity index is 2.75. The van der Waals surface area contributed by atoms with E-state index in [0.29, 0.717) is 6.54 Å². The van der Waals surface area contributed by atoms with Crippen LogP contribution < -0.4 is 5.32 Å². The van der Waals surface area contributed by atoms with Crippen molar-refractivity contribution in [2.75, 3.05) is 6.54 Å². The van der Waals surface area contributed by atoms with Gasteiger partial charge >= 0.3 is 6.18 Å². The van der Waals surface area contributed by atoms with Crippen LogP contribution in [0.3, 0.4) is 0 Å². The first-order valence-corrected chi connectivity index (χ1v) is 5.64. The predicted octanol–water partition coefficient (Wildman–Crippen LogP) is 3.38. The van der Waals surface area contributed by atoms with Crippen LogP contribution in [0.2, 0.25) is 0 Å². The van der Waals surface area contributed by atoms with E-state index in [1.54, 1.807) is 18.5 Å². The average molecular weight is 246 g/mol. The van der Waals surface area contributed by atoms with E-state index in [9.17, 15) is 13.2 Å². The van der Waals surface area contributed by atoms with Crippen LogP contribution in [0.5, 0.6) is 0 Å². The molecule has 1 rings (SSSR count). The molecule has 1 atom stereocenters. The number of nitrogens with one attached hydrogen (secondary N) is 1. The van der Waals surface area contributed by atoms with E-state index in [2.05, 4.69) is 10.3 Å². The molecular formula is C12H17F3N2. The minimum atomic E-state index is -4.10. The summed E-state index contributed by atoms with van der Waals surface area (Å²) in [6.07, 6.45) is -1.53. The zero-order chi connectivity index (χ0) is 12.9. The lowest BCUT2D eigenvalue weighted by molar-refractivity contribution is -0.136. The fourth-order valence-corrected chi connectivity index (χ4v) is 1.80. The summed E-state index contributed by atoms with van der Waals surface area (Å²) in [4.78, 5) is 3.95. The molecule has 5 heteroatoms. The van der Waals surface area contributed by atoms with Gasteiger partial charge in [0.2, 0.25) is 0 Å². The maximum atomic E-state index is 12.2. The molecule has 0 aliphatic carbocycles. The molecule has 0 aliphatic heterocycles. The normalized spacial score (nSPS) is 13.7. The van der Waals surface area contributed by atoms with Gasteiger partial charge in [-0.3, -0.25) is 4.98 Å². The van der Waals surface area contributed by atoms with E-state index in [1.165, 1.54) is 0 Å². The van der Waals surface area contributed by atoms with Gasteiger partial charge in [-0.15, -0.1) is 0 Å². The highest BCUT2D eigenvalue weighted by Crippen LogP contribution is 2.28. The summed E-state index contributed by atoms with van der Waals surface area (Å²) in [6.45, 7) is 4.39. The summed E-state index contributed by atoms with van der Waals surface area (Å²) in [5.41, 5.74) is 1.81. The largest absolute Gasteiger partial charge is 0.389 e. The Kier molecular flexibility index (Phi) is 4.93. The van der Waals surface area contributed by atoms with Gasteiger partial charge < -0.3 is 5.32 Å². The van der Waals surface area contributed by atoms with Crippen LogP contribution in [0.15, 0.2) is 18.5 Å². The Hall–Kier alpha value is -1.10. The molecule has 0 amide bonds.